The number of benzene rings is 2. The number of thiol groups is 1. The lowest BCUT2D eigenvalue weighted by Gasteiger charge is -2.22. The number of hydrogen-bond donors (Lipinski definition) is 2. The first kappa shape index (κ1) is 19.1. The maximum atomic E-state index is 11.8. The van der Waals surface area contributed by atoms with Gasteiger partial charge in [0.25, 0.3) is 0 Å². The molecule has 0 fully saturated rings. The summed E-state index contributed by atoms with van der Waals surface area (Å²) in [5.41, 5.74) is 1.69. The molecule has 0 saturated heterocycles. The molecule has 0 saturated carbocycles. The van der Waals surface area contributed by atoms with E-state index in [1.54, 1.807) is 0 Å². The quantitative estimate of drug-likeness (QED) is 0.528. The molecule has 0 aliphatic carbocycles. The first-order valence-electron chi connectivity index (χ1n) is 8.24. The number of rotatable bonds is 9. The lowest BCUT2D eigenvalue weighted by atomic mass is 10.1. The number of hydrogen-bond acceptors (Lipinski definition) is 4. The van der Waals surface area contributed by atoms with Gasteiger partial charge in [-0.05, 0) is 25.0 Å². The zero-order chi connectivity index (χ0) is 18.4. The van der Waals surface area contributed by atoms with Crippen LogP contribution in [0.25, 0.3) is 10.8 Å². The topological polar surface area (TPSA) is 77.9 Å². The minimum atomic E-state index is -2.77. The number of carbonyl (C=O) groups is 1. The van der Waals surface area contributed by atoms with Crippen molar-refractivity contribution in [2.45, 2.75) is 25.7 Å². The summed E-state index contributed by atoms with van der Waals surface area (Å²) in [7, 11) is 1.14. The Labute approximate surface area is 149 Å². The van der Waals surface area contributed by atoms with E-state index >= 15 is 0 Å². The molecule has 2 aromatic carbocycles. The van der Waals surface area contributed by atoms with Crippen LogP contribution in [-0.4, -0.2) is 40.1 Å². The van der Waals surface area contributed by atoms with Crippen molar-refractivity contribution in [2.75, 3.05) is 29.8 Å². The van der Waals surface area contributed by atoms with Crippen LogP contribution >= 0.6 is 0 Å². The van der Waals surface area contributed by atoms with Crippen LogP contribution in [-0.2, 0) is 15.7 Å². The lowest BCUT2D eigenvalue weighted by Crippen LogP contribution is -2.22. The summed E-state index contributed by atoms with van der Waals surface area (Å²) in [5.74, 6) is -0.822. The summed E-state index contributed by atoms with van der Waals surface area (Å²) in [6.07, 6.45) is 1.98. The van der Waals surface area contributed by atoms with Crippen molar-refractivity contribution < 1.29 is 18.3 Å². The fourth-order valence-corrected chi connectivity index (χ4v) is 3.55. The minimum Gasteiger partial charge on any atom is -0.481 e. The van der Waals surface area contributed by atoms with Crippen molar-refractivity contribution in [3.63, 3.8) is 0 Å². The van der Waals surface area contributed by atoms with Crippen LogP contribution in [0.5, 0.6) is 0 Å². The molecule has 0 aliphatic rings. The standard InChI is InChI=1S/C18H24N2O4S/c1-19(2)16-10-6-9-15-14(16)8-7-11-17(15)20(25(23)24)13-5-3-4-12-18(21)22/h6-11,25H,3-5,12-13H2,1-2H3,(H,21,22). The third-order valence-electron chi connectivity index (χ3n) is 4.09. The van der Waals surface area contributed by atoms with Gasteiger partial charge in [0.05, 0.1) is 5.69 Å². The highest BCUT2D eigenvalue weighted by Gasteiger charge is 2.14. The van der Waals surface area contributed by atoms with E-state index in [2.05, 4.69) is 0 Å². The summed E-state index contributed by atoms with van der Waals surface area (Å²) in [5, 5.41) is 10.6. The molecule has 7 heteroatoms. The zero-order valence-corrected chi connectivity index (χ0v) is 15.4. The van der Waals surface area contributed by atoms with Crippen LogP contribution in [0, 0.1) is 0 Å². The second-order valence-corrected chi connectivity index (χ2v) is 7.07. The largest absolute Gasteiger partial charge is 0.481 e. The smallest absolute Gasteiger partial charge is 0.303 e. The second kappa shape index (κ2) is 8.71. The van der Waals surface area contributed by atoms with Gasteiger partial charge in [-0.3, -0.25) is 9.10 Å². The minimum absolute atomic E-state index is 0.115. The van der Waals surface area contributed by atoms with Gasteiger partial charge in [0, 0.05) is 43.5 Å². The number of nitrogens with zero attached hydrogens (tertiary/aromatic N) is 2. The van der Waals surface area contributed by atoms with Gasteiger partial charge in [0.1, 0.15) is 0 Å². The molecule has 0 spiro atoms. The molecular formula is C18H24N2O4S. The molecule has 136 valence electrons. The Kier molecular flexibility index (Phi) is 6.64. The van der Waals surface area contributed by atoms with E-state index in [0.717, 1.165) is 16.5 Å². The van der Waals surface area contributed by atoms with Gasteiger partial charge in [-0.25, -0.2) is 8.42 Å². The Balaban J connectivity index is 2.26. The van der Waals surface area contributed by atoms with Crippen LogP contribution in [0.15, 0.2) is 36.4 Å². The van der Waals surface area contributed by atoms with Crippen LogP contribution < -0.4 is 9.21 Å². The van der Waals surface area contributed by atoms with Crippen molar-refractivity contribution in [1.82, 2.24) is 0 Å². The second-order valence-electron chi connectivity index (χ2n) is 6.11. The van der Waals surface area contributed by atoms with Crippen molar-refractivity contribution in [3.05, 3.63) is 36.4 Å². The van der Waals surface area contributed by atoms with E-state index in [1.165, 1.54) is 4.31 Å². The predicted molar refractivity (Wildman–Crippen MR) is 102 cm³/mol. The number of carboxylic acid groups (broad SMARTS) is 1. The molecule has 0 radical (unpaired) electrons. The van der Waals surface area contributed by atoms with Gasteiger partial charge in [-0.1, -0.05) is 30.7 Å². The monoisotopic (exact) mass is 364 g/mol. The summed E-state index contributed by atoms with van der Waals surface area (Å²) in [6.45, 7) is 0.351. The molecule has 0 atom stereocenters. The summed E-state index contributed by atoms with van der Waals surface area (Å²) in [4.78, 5) is 12.5. The molecule has 25 heavy (non-hydrogen) atoms. The first-order valence-corrected chi connectivity index (χ1v) is 9.37. The van der Waals surface area contributed by atoms with Gasteiger partial charge in [-0.2, -0.15) is 0 Å². The van der Waals surface area contributed by atoms with Crippen LogP contribution in [0.4, 0.5) is 11.4 Å². The molecule has 0 heterocycles. The highest BCUT2D eigenvalue weighted by atomic mass is 32.2. The van der Waals surface area contributed by atoms with E-state index in [0.29, 0.717) is 31.5 Å². The van der Waals surface area contributed by atoms with Crippen molar-refractivity contribution >= 4 is 39.0 Å². The molecule has 0 bridgehead atoms. The molecule has 1 N–H and O–H groups in total. The highest BCUT2D eigenvalue weighted by Crippen LogP contribution is 2.33. The van der Waals surface area contributed by atoms with E-state index in [4.69, 9.17) is 5.11 Å². The summed E-state index contributed by atoms with van der Waals surface area (Å²) < 4.78 is 25.0. The maximum absolute atomic E-state index is 11.8. The van der Waals surface area contributed by atoms with Crippen LogP contribution in [0.2, 0.25) is 0 Å². The van der Waals surface area contributed by atoms with Crippen molar-refractivity contribution in [2.24, 2.45) is 0 Å². The third-order valence-corrected chi connectivity index (χ3v) is 4.90. The number of carboxylic acids is 1. The predicted octanol–water partition coefficient (Wildman–Crippen LogP) is 2.88. The molecule has 2 rings (SSSR count). The van der Waals surface area contributed by atoms with E-state index < -0.39 is 16.9 Å². The molecule has 6 nitrogen and oxygen atoms in total. The number of aliphatic carboxylic acids is 1. The van der Waals surface area contributed by atoms with Gasteiger partial charge in [0.2, 0.25) is 10.9 Å². The van der Waals surface area contributed by atoms with Crippen LogP contribution in [0.1, 0.15) is 25.7 Å². The lowest BCUT2D eigenvalue weighted by molar-refractivity contribution is -0.137. The van der Waals surface area contributed by atoms with Crippen molar-refractivity contribution in [1.29, 1.82) is 0 Å². The van der Waals surface area contributed by atoms with Gasteiger partial charge < -0.3 is 10.0 Å². The Bertz CT molecular complexity index is 810. The number of unbranched alkanes of at least 4 members (excludes halogenated alkanes) is 2. The van der Waals surface area contributed by atoms with Crippen molar-refractivity contribution in [3.8, 4) is 0 Å². The molecule has 2 aromatic rings. The maximum Gasteiger partial charge on any atom is 0.303 e. The molecular weight excluding hydrogens is 340 g/mol. The third kappa shape index (κ3) is 4.85. The average Bonchev–Trinajstić information content (AvgIpc) is 2.56. The Morgan fingerprint density at radius 3 is 2.12 bits per heavy atom. The fourth-order valence-electron chi connectivity index (χ4n) is 2.90. The summed E-state index contributed by atoms with van der Waals surface area (Å²) in [6, 6.07) is 11.5. The molecule has 0 aliphatic heterocycles. The normalized spacial score (nSPS) is 11.0. The van der Waals surface area contributed by atoms with Gasteiger partial charge in [0.15, 0.2) is 0 Å². The van der Waals surface area contributed by atoms with E-state index in [-0.39, 0.29) is 6.42 Å². The molecule has 0 amide bonds. The molecule has 0 aromatic heterocycles. The van der Waals surface area contributed by atoms with E-state index in [1.807, 2.05) is 55.4 Å². The number of fused-ring (bicyclic) bond motifs is 1. The Morgan fingerprint density at radius 1 is 0.960 bits per heavy atom. The van der Waals surface area contributed by atoms with Gasteiger partial charge >= 0.3 is 5.97 Å². The Morgan fingerprint density at radius 2 is 1.56 bits per heavy atom. The van der Waals surface area contributed by atoms with E-state index in [9.17, 15) is 13.2 Å². The zero-order valence-electron chi connectivity index (χ0n) is 14.5. The fraction of sp³-hybridized carbons (Fsp3) is 0.389. The van der Waals surface area contributed by atoms with Crippen LogP contribution in [0.3, 0.4) is 0 Å². The highest BCUT2D eigenvalue weighted by molar-refractivity contribution is 7.74. The Hall–Kier alpha value is -2.28. The first-order chi connectivity index (χ1) is 11.9. The average molecular weight is 364 g/mol. The number of anilines is 2. The SMILES string of the molecule is CN(C)c1cccc2c(N(CCCCCC(=O)O)[SH](=O)=O)cccc12. The van der Waals surface area contributed by atoms with Gasteiger partial charge in [-0.15, -0.1) is 0 Å². The summed E-state index contributed by atoms with van der Waals surface area (Å²) >= 11 is 0. The molecule has 0 unspecified atom stereocenters.